The molecule has 0 bridgehead atoms. The normalized spacial score (nSPS) is 16.7. The van der Waals surface area contributed by atoms with Crippen LogP contribution in [0.15, 0.2) is 0 Å². The molecule has 0 spiro atoms. The Balaban J connectivity index is 2.13. The van der Waals surface area contributed by atoms with Gasteiger partial charge in [0.15, 0.2) is 0 Å². The number of hydrogen-bond donors (Lipinski definition) is 1. The maximum absolute atomic E-state index is 12.0. The van der Waals surface area contributed by atoms with E-state index in [1.54, 1.807) is 0 Å². The fourth-order valence-corrected chi connectivity index (χ4v) is 2.49. The van der Waals surface area contributed by atoms with Gasteiger partial charge in [-0.2, -0.15) is 0 Å². The van der Waals surface area contributed by atoms with Gasteiger partial charge in [0, 0.05) is 26.1 Å². The fourth-order valence-electron chi connectivity index (χ4n) is 2.49. The lowest BCUT2D eigenvalue weighted by atomic mass is 9.94. The van der Waals surface area contributed by atoms with Crippen molar-refractivity contribution in [3.05, 3.63) is 0 Å². The van der Waals surface area contributed by atoms with Crippen LogP contribution in [0.2, 0.25) is 0 Å². The minimum Gasteiger partial charge on any atom is -0.444 e. The molecule has 0 aromatic rings. The van der Waals surface area contributed by atoms with Gasteiger partial charge >= 0.3 is 6.09 Å². The van der Waals surface area contributed by atoms with E-state index in [0.717, 1.165) is 31.8 Å². The number of nitrogens with one attached hydrogen (secondary N) is 1. The molecule has 0 aromatic carbocycles. The molecule has 5 nitrogen and oxygen atoms in total. The summed E-state index contributed by atoms with van der Waals surface area (Å²) in [7, 11) is 0. The number of amides is 2. The molecule has 0 aromatic heterocycles. The van der Waals surface area contributed by atoms with Gasteiger partial charge in [0.2, 0.25) is 5.91 Å². The molecule has 2 amide bonds. The summed E-state index contributed by atoms with van der Waals surface area (Å²) in [6, 6.07) is 0. The van der Waals surface area contributed by atoms with Gasteiger partial charge in [-0.25, -0.2) is 4.79 Å². The highest BCUT2D eigenvalue weighted by molar-refractivity contribution is 5.76. The molecule has 1 N–H and O–H groups in total. The lowest BCUT2D eigenvalue weighted by molar-refractivity contribution is -0.132. The Hall–Kier alpha value is -1.26. The first-order chi connectivity index (χ1) is 9.81. The van der Waals surface area contributed by atoms with E-state index in [1.165, 1.54) is 6.42 Å². The van der Waals surface area contributed by atoms with Gasteiger partial charge in [-0.1, -0.05) is 13.3 Å². The lowest BCUT2D eigenvalue weighted by Gasteiger charge is -2.31. The Morgan fingerprint density at radius 1 is 1.24 bits per heavy atom. The Morgan fingerprint density at radius 3 is 2.38 bits per heavy atom. The van der Waals surface area contributed by atoms with Crippen molar-refractivity contribution in [3.63, 3.8) is 0 Å². The number of hydrogen-bond acceptors (Lipinski definition) is 3. The van der Waals surface area contributed by atoms with Crippen LogP contribution >= 0.6 is 0 Å². The smallest absolute Gasteiger partial charge is 0.407 e. The first-order valence-electron chi connectivity index (χ1n) is 8.06. The van der Waals surface area contributed by atoms with E-state index in [2.05, 4.69) is 12.2 Å². The summed E-state index contributed by atoms with van der Waals surface area (Å²) in [5.41, 5.74) is -0.483. The van der Waals surface area contributed by atoms with Crippen LogP contribution in [0.3, 0.4) is 0 Å². The Kier molecular flexibility index (Phi) is 6.99. The monoisotopic (exact) mass is 298 g/mol. The number of carbonyl (C=O) groups excluding carboxylic acids is 2. The van der Waals surface area contributed by atoms with Gasteiger partial charge in [0.25, 0.3) is 0 Å². The molecule has 1 rings (SSSR count). The van der Waals surface area contributed by atoms with Crippen molar-refractivity contribution < 1.29 is 14.3 Å². The third kappa shape index (κ3) is 7.34. The highest BCUT2D eigenvalue weighted by Crippen LogP contribution is 2.20. The van der Waals surface area contributed by atoms with Crippen molar-refractivity contribution in [2.45, 2.75) is 65.4 Å². The van der Waals surface area contributed by atoms with Crippen molar-refractivity contribution in [3.8, 4) is 0 Å². The number of piperidine rings is 1. The zero-order chi connectivity index (χ0) is 15.9. The van der Waals surface area contributed by atoms with Crippen LogP contribution in [0.25, 0.3) is 0 Å². The Morgan fingerprint density at radius 2 is 1.86 bits per heavy atom. The molecule has 0 radical (unpaired) electrons. The summed E-state index contributed by atoms with van der Waals surface area (Å²) >= 11 is 0. The third-order valence-electron chi connectivity index (χ3n) is 3.78. The molecule has 0 unspecified atom stereocenters. The number of ether oxygens (including phenoxy) is 1. The molecular weight excluding hydrogens is 268 g/mol. The van der Waals surface area contributed by atoms with Crippen molar-refractivity contribution >= 4 is 12.0 Å². The predicted molar refractivity (Wildman–Crippen MR) is 83.1 cm³/mol. The second-order valence-electron chi connectivity index (χ2n) is 6.76. The summed E-state index contributed by atoms with van der Waals surface area (Å²) in [5, 5.41) is 2.68. The minimum absolute atomic E-state index is 0.204. The summed E-state index contributed by atoms with van der Waals surface area (Å²) < 4.78 is 5.14. The van der Waals surface area contributed by atoms with Gasteiger partial charge in [-0.15, -0.1) is 0 Å². The second-order valence-corrected chi connectivity index (χ2v) is 6.76. The maximum Gasteiger partial charge on any atom is 0.407 e. The van der Waals surface area contributed by atoms with E-state index in [4.69, 9.17) is 4.74 Å². The van der Waals surface area contributed by atoms with Crippen LogP contribution in [0, 0.1) is 5.92 Å². The van der Waals surface area contributed by atoms with Crippen LogP contribution in [0.5, 0.6) is 0 Å². The van der Waals surface area contributed by atoms with Crippen LogP contribution in [0.1, 0.15) is 59.8 Å². The largest absolute Gasteiger partial charge is 0.444 e. The lowest BCUT2D eigenvalue weighted by Crippen LogP contribution is -2.38. The number of alkyl carbamates (subject to hydrolysis) is 1. The van der Waals surface area contributed by atoms with E-state index in [1.807, 2.05) is 25.7 Å². The second kappa shape index (κ2) is 8.25. The quantitative estimate of drug-likeness (QED) is 0.794. The van der Waals surface area contributed by atoms with Gasteiger partial charge in [-0.05, 0) is 46.0 Å². The highest BCUT2D eigenvalue weighted by atomic mass is 16.6. The van der Waals surface area contributed by atoms with Gasteiger partial charge in [0.05, 0.1) is 0 Å². The van der Waals surface area contributed by atoms with Crippen LogP contribution in [-0.2, 0) is 9.53 Å². The summed E-state index contributed by atoms with van der Waals surface area (Å²) in [5.74, 6) is 0.985. The van der Waals surface area contributed by atoms with Crippen LogP contribution < -0.4 is 5.32 Å². The molecule has 0 atom stereocenters. The standard InChI is InChI=1S/C16H30N2O3/c1-5-13-8-11-18(12-9-13)14(19)7-6-10-17-15(20)21-16(2,3)4/h13H,5-12H2,1-4H3,(H,17,20). The number of likely N-dealkylation sites (tertiary alicyclic amines) is 1. The molecule has 1 heterocycles. The maximum atomic E-state index is 12.0. The Labute approximate surface area is 128 Å². The molecule has 1 fully saturated rings. The molecule has 0 saturated carbocycles. The zero-order valence-corrected chi connectivity index (χ0v) is 13.9. The van der Waals surface area contributed by atoms with E-state index < -0.39 is 11.7 Å². The number of nitrogens with zero attached hydrogens (tertiary/aromatic N) is 1. The van der Waals surface area contributed by atoms with Crippen molar-refractivity contribution in [2.24, 2.45) is 5.92 Å². The Bertz CT molecular complexity index is 342. The fraction of sp³-hybridized carbons (Fsp3) is 0.875. The van der Waals surface area contributed by atoms with Crippen molar-refractivity contribution in [1.29, 1.82) is 0 Å². The van der Waals surface area contributed by atoms with E-state index in [-0.39, 0.29) is 5.91 Å². The topological polar surface area (TPSA) is 58.6 Å². The van der Waals surface area contributed by atoms with Gasteiger partial charge in [-0.3, -0.25) is 4.79 Å². The molecule has 1 aliphatic rings. The summed E-state index contributed by atoms with van der Waals surface area (Å²) in [4.78, 5) is 25.5. The zero-order valence-electron chi connectivity index (χ0n) is 13.9. The van der Waals surface area contributed by atoms with Gasteiger partial charge in [0.1, 0.15) is 5.60 Å². The van der Waals surface area contributed by atoms with Crippen molar-refractivity contribution in [2.75, 3.05) is 19.6 Å². The molecule has 122 valence electrons. The average Bonchev–Trinajstić information content (AvgIpc) is 2.41. The SMILES string of the molecule is CCC1CCN(C(=O)CCCNC(=O)OC(C)(C)C)CC1. The van der Waals surface area contributed by atoms with Gasteiger partial charge < -0.3 is 15.0 Å². The molecule has 0 aliphatic carbocycles. The van der Waals surface area contributed by atoms with Crippen LogP contribution in [-0.4, -0.2) is 42.1 Å². The van der Waals surface area contributed by atoms with E-state index >= 15 is 0 Å². The van der Waals surface area contributed by atoms with Crippen LogP contribution in [0.4, 0.5) is 4.79 Å². The first-order valence-corrected chi connectivity index (χ1v) is 8.06. The van der Waals surface area contributed by atoms with E-state index in [0.29, 0.717) is 19.4 Å². The average molecular weight is 298 g/mol. The van der Waals surface area contributed by atoms with Crippen molar-refractivity contribution in [1.82, 2.24) is 10.2 Å². The minimum atomic E-state index is -0.483. The summed E-state index contributed by atoms with van der Waals surface area (Å²) in [6.07, 6.45) is 4.19. The molecule has 21 heavy (non-hydrogen) atoms. The van der Waals surface area contributed by atoms with E-state index in [9.17, 15) is 9.59 Å². The first kappa shape index (κ1) is 17.8. The molecule has 1 saturated heterocycles. The molecular formula is C16H30N2O3. The molecule has 5 heteroatoms. The number of carbonyl (C=O) groups is 2. The molecule has 1 aliphatic heterocycles. The summed E-state index contributed by atoms with van der Waals surface area (Å²) in [6.45, 7) is 9.95. The predicted octanol–water partition coefficient (Wildman–Crippen LogP) is 2.94. The highest BCUT2D eigenvalue weighted by Gasteiger charge is 2.21. The third-order valence-corrected chi connectivity index (χ3v) is 3.78. The number of rotatable bonds is 5.